The molecule has 3 N–H and O–H groups in total. The Morgan fingerprint density at radius 1 is 1.03 bits per heavy atom. The van der Waals surface area contributed by atoms with Gasteiger partial charge in [0.15, 0.2) is 17.5 Å². The molecule has 2 aromatic rings. The first kappa shape index (κ1) is 25.1. The number of nitrogens with two attached hydrogens (primary N) is 1. The third-order valence-electron chi connectivity index (χ3n) is 5.42. The largest absolute Gasteiger partial charge is 0.497 e. The van der Waals surface area contributed by atoms with Gasteiger partial charge < -0.3 is 25.3 Å². The maximum Gasteiger partial charge on any atom is 0.188 e. The molecular weight excluding hydrogens is 507 g/mol. The van der Waals surface area contributed by atoms with Crippen LogP contribution in [0.4, 0.5) is 0 Å². The molecule has 31 heavy (non-hydrogen) atoms. The lowest BCUT2D eigenvalue weighted by Gasteiger charge is -2.28. The summed E-state index contributed by atoms with van der Waals surface area (Å²) in [6.45, 7) is 3.33. The molecule has 0 saturated carbocycles. The summed E-state index contributed by atoms with van der Waals surface area (Å²) in [6, 6.07) is 14.2. The van der Waals surface area contributed by atoms with Crippen molar-refractivity contribution in [3.63, 3.8) is 0 Å². The third-order valence-corrected chi connectivity index (χ3v) is 5.42. The van der Waals surface area contributed by atoms with Crippen LogP contribution in [0.3, 0.4) is 0 Å². The number of rotatable bonds is 9. The Morgan fingerprint density at radius 3 is 2.45 bits per heavy atom. The van der Waals surface area contributed by atoms with Crippen LogP contribution in [0.5, 0.6) is 17.2 Å². The number of nitrogens with zero attached hydrogens (tertiary/aromatic N) is 2. The van der Waals surface area contributed by atoms with Crippen LogP contribution < -0.4 is 25.3 Å². The van der Waals surface area contributed by atoms with E-state index in [0.29, 0.717) is 30.5 Å². The number of methoxy groups -OCH3 is 3. The molecule has 7 nitrogen and oxygen atoms in total. The van der Waals surface area contributed by atoms with E-state index in [1.165, 1.54) is 18.4 Å². The van der Waals surface area contributed by atoms with E-state index in [1.807, 2.05) is 30.3 Å². The van der Waals surface area contributed by atoms with Crippen molar-refractivity contribution < 1.29 is 14.2 Å². The SMILES string of the molecule is COc1cccc(C(CNC(N)=NCc2ccc(OC)c(OC)c2)N2CCCC2)c1.I. The minimum atomic E-state index is 0. The molecule has 1 fully saturated rings. The fraction of sp³-hybridized carbons (Fsp3) is 0.435. The van der Waals surface area contributed by atoms with Crippen molar-refractivity contribution in [2.24, 2.45) is 10.7 Å². The lowest BCUT2D eigenvalue weighted by Crippen LogP contribution is -2.40. The zero-order valence-corrected chi connectivity index (χ0v) is 20.8. The number of benzene rings is 2. The lowest BCUT2D eigenvalue weighted by molar-refractivity contribution is 0.245. The zero-order valence-electron chi connectivity index (χ0n) is 18.5. The molecular formula is C23H33IN4O3. The van der Waals surface area contributed by atoms with E-state index >= 15 is 0 Å². The van der Waals surface area contributed by atoms with Gasteiger partial charge in [-0.1, -0.05) is 18.2 Å². The Labute approximate surface area is 202 Å². The van der Waals surface area contributed by atoms with Crippen molar-refractivity contribution >= 4 is 29.9 Å². The van der Waals surface area contributed by atoms with E-state index in [-0.39, 0.29) is 30.0 Å². The van der Waals surface area contributed by atoms with Crippen LogP contribution in [0, 0.1) is 0 Å². The van der Waals surface area contributed by atoms with Gasteiger partial charge in [0.2, 0.25) is 0 Å². The Bertz CT molecular complexity index is 856. The molecule has 0 aromatic heterocycles. The van der Waals surface area contributed by atoms with E-state index in [0.717, 1.165) is 24.4 Å². The lowest BCUT2D eigenvalue weighted by atomic mass is 10.1. The van der Waals surface area contributed by atoms with E-state index in [4.69, 9.17) is 19.9 Å². The third kappa shape index (κ3) is 6.90. The minimum absolute atomic E-state index is 0. The van der Waals surface area contributed by atoms with Crippen LogP contribution in [0.2, 0.25) is 0 Å². The molecule has 8 heteroatoms. The van der Waals surface area contributed by atoms with Crippen molar-refractivity contribution in [2.75, 3.05) is 41.0 Å². The fourth-order valence-corrected chi connectivity index (χ4v) is 3.77. The van der Waals surface area contributed by atoms with Crippen LogP contribution in [-0.2, 0) is 6.54 Å². The second-order valence-electron chi connectivity index (χ2n) is 7.31. The quantitative estimate of drug-likeness (QED) is 0.288. The van der Waals surface area contributed by atoms with Gasteiger partial charge >= 0.3 is 0 Å². The molecule has 170 valence electrons. The summed E-state index contributed by atoms with van der Waals surface area (Å²) in [7, 11) is 4.94. The summed E-state index contributed by atoms with van der Waals surface area (Å²) in [5, 5.41) is 3.31. The molecule has 0 amide bonds. The number of likely N-dealkylation sites (tertiary alicyclic amines) is 1. The van der Waals surface area contributed by atoms with E-state index in [9.17, 15) is 0 Å². The normalized spacial score (nSPS) is 15.1. The Kier molecular flexibility index (Phi) is 10.2. The van der Waals surface area contributed by atoms with Crippen LogP contribution in [0.25, 0.3) is 0 Å². The molecule has 1 aliphatic rings. The molecule has 0 aliphatic carbocycles. The Hall–Kier alpha value is -2.20. The number of aliphatic imine (C=N–C) groups is 1. The summed E-state index contributed by atoms with van der Waals surface area (Å²) in [5.41, 5.74) is 8.39. The monoisotopic (exact) mass is 540 g/mol. The zero-order chi connectivity index (χ0) is 21.3. The second-order valence-corrected chi connectivity index (χ2v) is 7.31. The second kappa shape index (κ2) is 12.6. The summed E-state index contributed by atoms with van der Waals surface area (Å²) < 4.78 is 16.0. The predicted octanol–water partition coefficient (Wildman–Crippen LogP) is 3.57. The van der Waals surface area contributed by atoms with Crippen LogP contribution in [-0.4, -0.2) is 51.8 Å². The molecule has 0 bridgehead atoms. The highest BCUT2D eigenvalue weighted by molar-refractivity contribution is 14.0. The molecule has 1 saturated heterocycles. The predicted molar refractivity (Wildman–Crippen MR) is 135 cm³/mol. The number of ether oxygens (including phenoxy) is 3. The molecule has 1 heterocycles. The first-order valence-electron chi connectivity index (χ1n) is 10.3. The molecule has 1 atom stereocenters. The maximum atomic E-state index is 6.17. The highest BCUT2D eigenvalue weighted by Gasteiger charge is 2.23. The van der Waals surface area contributed by atoms with Gasteiger partial charge in [-0.2, -0.15) is 0 Å². The van der Waals surface area contributed by atoms with Gasteiger partial charge in [0.25, 0.3) is 0 Å². The average molecular weight is 540 g/mol. The first-order valence-corrected chi connectivity index (χ1v) is 10.3. The van der Waals surface area contributed by atoms with Gasteiger partial charge in [-0.25, -0.2) is 4.99 Å². The number of halogens is 1. The smallest absolute Gasteiger partial charge is 0.188 e. The minimum Gasteiger partial charge on any atom is -0.497 e. The summed E-state index contributed by atoms with van der Waals surface area (Å²) >= 11 is 0. The number of hydrogen-bond donors (Lipinski definition) is 2. The highest BCUT2D eigenvalue weighted by Crippen LogP contribution is 2.28. The molecule has 3 rings (SSSR count). The van der Waals surface area contributed by atoms with Crippen LogP contribution in [0.15, 0.2) is 47.5 Å². The maximum absolute atomic E-state index is 6.17. The highest BCUT2D eigenvalue weighted by atomic mass is 127. The van der Waals surface area contributed by atoms with Crippen molar-refractivity contribution in [3.8, 4) is 17.2 Å². The number of nitrogens with one attached hydrogen (secondary N) is 1. The van der Waals surface area contributed by atoms with Crippen molar-refractivity contribution in [1.29, 1.82) is 0 Å². The van der Waals surface area contributed by atoms with Crippen molar-refractivity contribution in [1.82, 2.24) is 10.2 Å². The van der Waals surface area contributed by atoms with Crippen molar-refractivity contribution in [2.45, 2.75) is 25.4 Å². The molecule has 0 radical (unpaired) electrons. The topological polar surface area (TPSA) is 81.3 Å². The van der Waals surface area contributed by atoms with Crippen molar-refractivity contribution in [3.05, 3.63) is 53.6 Å². The standard InChI is InChI=1S/C23H32N4O3.HI/c1-28-19-8-6-7-18(14-19)20(27-11-4-5-12-27)16-26-23(24)25-15-17-9-10-21(29-2)22(13-17)30-3;/h6-10,13-14,20H,4-5,11-12,15-16H2,1-3H3,(H3,24,25,26);1H. The van der Waals surface area contributed by atoms with E-state index < -0.39 is 0 Å². The van der Waals surface area contributed by atoms with Gasteiger partial charge in [-0.3, -0.25) is 4.90 Å². The molecule has 2 aromatic carbocycles. The summed E-state index contributed by atoms with van der Waals surface area (Å²) in [6.07, 6.45) is 2.45. The van der Waals surface area contributed by atoms with Crippen LogP contribution >= 0.6 is 24.0 Å². The molecule has 1 aliphatic heterocycles. The van der Waals surface area contributed by atoms with E-state index in [1.54, 1.807) is 21.3 Å². The molecule has 1 unspecified atom stereocenters. The van der Waals surface area contributed by atoms with Gasteiger partial charge in [0.1, 0.15) is 5.75 Å². The van der Waals surface area contributed by atoms with Gasteiger partial charge in [-0.05, 0) is 61.3 Å². The Balaban J connectivity index is 0.00000341. The fourth-order valence-electron chi connectivity index (χ4n) is 3.77. The van der Waals surface area contributed by atoms with Gasteiger partial charge in [0, 0.05) is 6.54 Å². The summed E-state index contributed by atoms with van der Waals surface area (Å²) in [4.78, 5) is 6.98. The average Bonchev–Trinajstić information content (AvgIpc) is 3.32. The van der Waals surface area contributed by atoms with E-state index in [2.05, 4.69) is 27.3 Å². The van der Waals surface area contributed by atoms with Gasteiger partial charge in [-0.15, -0.1) is 24.0 Å². The van der Waals surface area contributed by atoms with Gasteiger partial charge in [0.05, 0.1) is 33.9 Å². The number of hydrogen-bond acceptors (Lipinski definition) is 5. The first-order chi connectivity index (χ1) is 14.6. The van der Waals surface area contributed by atoms with Crippen LogP contribution in [0.1, 0.15) is 30.0 Å². The number of guanidine groups is 1. The molecule has 0 spiro atoms. The Morgan fingerprint density at radius 2 is 1.77 bits per heavy atom. The summed E-state index contributed by atoms with van der Waals surface area (Å²) in [5.74, 6) is 2.68.